The predicted octanol–water partition coefficient (Wildman–Crippen LogP) is 2.77. The first-order valence-corrected chi connectivity index (χ1v) is 5.43. The molecule has 0 saturated carbocycles. The lowest BCUT2D eigenvalue weighted by molar-refractivity contribution is 0.967. The maximum Gasteiger partial charge on any atom is 0.115 e. The Balaban J connectivity index is 2.49. The van der Waals surface area contributed by atoms with Crippen molar-refractivity contribution in [2.45, 2.75) is 19.2 Å². The number of nitrogens with zero attached hydrogens (tertiary/aromatic N) is 2. The van der Waals surface area contributed by atoms with Crippen molar-refractivity contribution in [2.24, 2.45) is 0 Å². The zero-order chi connectivity index (χ0) is 10.7. The molecule has 0 aromatic carbocycles. The molecule has 78 valence electrons. The van der Waals surface area contributed by atoms with Crippen LogP contribution in [0.15, 0.2) is 24.4 Å². The molecule has 3 nitrogen and oxygen atoms in total. The van der Waals surface area contributed by atoms with Crippen molar-refractivity contribution in [3.05, 3.63) is 35.7 Å². The van der Waals surface area contributed by atoms with Crippen LogP contribution in [0.25, 0.3) is 11.4 Å². The maximum atomic E-state index is 5.92. The third-order valence-corrected chi connectivity index (χ3v) is 2.61. The molecule has 0 aliphatic heterocycles. The van der Waals surface area contributed by atoms with Crippen molar-refractivity contribution in [3.63, 3.8) is 0 Å². The van der Waals surface area contributed by atoms with E-state index in [4.69, 9.17) is 11.6 Å². The molecule has 2 heterocycles. The summed E-state index contributed by atoms with van der Waals surface area (Å²) in [6.07, 6.45) is 2.66. The van der Waals surface area contributed by atoms with Gasteiger partial charge in [0, 0.05) is 17.5 Å². The number of aromatic nitrogens is 3. The van der Waals surface area contributed by atoms with E-state index >= 15 is 0 Å². The van der Waals surface area contributed by atoms with Crippen LogP contribution in [-0.2, 0) is 12.3 Å². The smallest absolute Gasteiger partial charge is 0.115 e. The zero-order valence-corrected chi connectivity index (χ0v) is 9.25. The number of hydrogen-bond acceptors (Lipinski definition) is 2. The summed E-state index contributed by atoms with van der Waals surface area (Å²) in [7, 11) is 0. The molecule has 4 heteroatoms. The number of hydrogen-bond donors (Lipinski definition) is 1. The summed E-state index contributed by atoms with van der Waals surface area (Å²) in [6.45, 7) is 2.08. The minimum atomic E-state index is 0.464. The second kappa shape index (κ2) is 4.45. The first-order chi connectivity index (χ1) is 7.36. The monoisotopic (exact) mass is 221 g/mol. The number of H-pyrrole nitrogens is 1. The van der Waals surface area contributed by atoms with Crippen LogP contribution >= 0.6 is 11.6 Å². The highest BCUT2D eigenvalue weighted by Crippen LogP contribution is 2.23. The Bertz CT molecular complexity index is 436. The largest absolute Gasteiger partial charge is 0.282 e. The average Bonchev–Trinajstić information content (AvgIpc) is 2.72. The Morgan fingerprint density at radius 1 is 1.40 bits per heavy atom. The average molecular weight is 222 g/mol. The first kappa shape index (κ1) is 10.2. The van der Waals surface area contributed by atoms with Crippen LogP contribution in [0.2, 0.25) is 0 Å². The Morgan fingerprint density at radius 2 is 2.27 bits per heavy atom. The number of pyridine rings is 1. The Hall–Kier alpha value is -1.35. The SMILES string of the molecule is CCc1[nH]nc(-c2ccccn2)c1CCl. The highest BCUT2D eigenvalue weighted by molar-refractivity contribution is 6.17. The van der Waals surface area contributed by atoms with Crippen LogP contribution in [-0.4, -0.2) is 15.2 Å². The van der Waals surface area contributed by atoms with E-state index in [9.17, 15) is 0 Å². The van der Waals surface area contributed by atoms with Gasteiger partial charge in [-0.15, -0.1) is 11.6 Å². The fraction of sp³-hybridized carbons (Fsp3) is 0.273. The maximum absolute atomic E-state index is 5.92. The molecule has 0 saturated heterocycles. The standard InChI is InChI=1S/C11H12ClN3/c1-2-9-8(7-12)11(15-14-9)10-5-3-4-6-13-10/h3-6H,2,7H2,1H3,(H,14,15). The third-order valence-electron chi connectivity index (χ3n) is 2.35. The van der Waals surface area contributed by atoms with E-state index in [1.807, 2.05) is 18.2 Å². The quantitative estimate of drug-likeness (QED) is 0.810. The predicted molar refractivity (Wildman–Crippen MR) is 60.8 cm³/mol. The van der Waals surface area contributed by atoms with E-state index in [1.165, 1.54) is 0 Å². The highest BCUT2D eigenvalue weighted by Gasteiger charge is 2.12. The minimum absolute atomic E-state index is 0.464. The molecule has 2 aromatic rings. The van der Waals surface area contributed by atoms with Gasteiger partial charge in [-0.25, -0.2) is 0 Å². The third kappa shape index (κ3) is 1.88. The number of halogens is 1. The summed E-state index contributed by atoms with van der Waals surface area (Å²) < 4.78 is 0. The second-order valence-corrected chi connectivity index (χ2v) is 3.50. The number of nitrogens with one attached hydrogen (secondary N) is 1. The number of aromatic amines is 1. The lowest BCUT2D eigenvalue weighted by atomic mass is 10.1. The van der Waals surface area contributed by atoms with Crippen molar-refractivity contribution >= 4 is 11.6 Å². The molecule has 0 spiro atoms. The van der Waals surface area contributed by atoms with E-state index in [2.05, 4.69) is 22.1 Å². The zero-order valence-electron chi connectivity index (χ0n) is 8.50. The number of alkyl halides is 1. The van der Waals surface area contributed by atoms with Gasteiger partial charge in [-0.05, 0) is 18.6 Å². The van der Waals surface area contributed by atoms with Gasteiger partial charge in [-0.3, -0.25) is 10.1 Å². The van der Waals surface area contributed by atoms with E-state index in [1.54, 1.807) is 6.20 Å². The van der Waals surface area contributed by atoms with E-state index in [-0.39, 0.29) is 0 Å². The Labute approximate surface area is 93.5 Å². The summed E-state index contributed by atoms with van der Waals surface area (Å²) >= 11 is 5.92. The van der Waals surface area contributed by atoms with Crippen molar-refractivity contribution in [1.82, 2.24) is 15.2 Å². The van der Waals surface area contributed by atoms with E-state index < -0.39 is 0 Å². The second-order valence-electron chi connectivity index (χ2n) is 3.23. The Kier molecular flexibility index (Phi) is 3.02. The van der Waals surface area contributed by atoms with Crippen LogP contribution in [0.5, 0.6) is 0 Å². The van der Waals surface area contributed by atoms with Gasteiger partial charge in [-0.1, -0.05) is 13.0 Å². The molecule has 1 N–H and O–H groups in total. The molecule has 0 bridgehead atoms. The molecular weight excluding hydrogens is 210 g/mol. The highest BCUT2D eigenvalue weighted by atomic mass is 35.5. The fourth-order valence-corrected chi connectivity index (χ4v) is 1.84. The lowest BCUT2D eigenvalue weighted by Crippen LogP contribution is -1.89. The van der Waals surface area contributed by atoms with Crippen molar-refractivity contribution in [1.29, 1.82) is 0 Å². The molecule has 0 unspecified atom stereocenters. The van der Waals surface area contributed by atoms with Crippen LogP contribution in [0.3, 0.4) is 0 Å². The van der Waals surface area contributed by atoms with Crippen LogP contribution < -0.4 is 0 Å². The van der Waals surface area contributed by atoms with Gasteiger partial charge in [0.25, 0.3) is 0 Å². The van der Waals surface area contributed by atoms with Gasteiger partial charge in [-0.2, -0.15) is 5.10 Å². The van der Waals surface area contributed by atoms with Crippen LogP contribution in [0.4, 0.5) is 0 Å². The topological polar surface area (TPSA) is 41.6 Å². The summed E-state index contributed by atoms with van der Waals surface area (Å²) in [5.41, 5.74) is 3.87. The number of rotatable bonds is 3. The molecule has 2 rings (SSSR count). The Morgan fingerprint density at radius 3 is 2.87 bits per heavy atom. The molecule has 0 aliphatic rings. The molecule has 0 fully saturated rings. The summed E-state index contributed by atoms with van der Waals surface area (Å²) in [6, 6.07) is 5.77. The van der Waals surface area contributed by atoms with Gasteiger partial charge in [0.2, 0.25) is 0 Å². The van der Waals surface area contributed by atoms with Gasteiger partial charge >= 0.3 is 0 Å². The summed E-state index contributed by atoms with van der Waals surface area (Å²) in [5, 5.41) is 7.26. The van der Waals surface area contributed by atoms with E-state index in [0.717, 1.165) is 29.1 Å². The first-order valence-electron chi connectivity index (χ1n) is 4.90. The fourth-order valence-electron chi connectivity index (χ4n) is 1.55. The van der Waals surface area contributed by atoms with Gasteiger partial charge in [0.1, 0.15) is 5.69 Å². The molecular formula is C11H12ClN3. The van der Waals surface area contributed by atoms with Gasteiger partial charge in [0.05, 0.1) is 11.6 Å². The van der Waals surface area contributed by atoms with Gasteiger partial charge in [0.15, 0.2) is 0 Å². The van der Waals surface area contributed by atoms with Crippen LogP contribution in [0, 0.1) is 0 Å². The molecule has 0 aliphatic carbocycles. The molecule has 2 aromatic heterocycles. The minimum Gasteiger partial charge on any atom is -0.282 e. The van der Waals surface area contributed by atoms with Crippen molar-refractivity contribution in [2.75, 3.05) is 0 Å². The molecule has 0 radical (unpaired) electrons. The summed E-state index contributed by atoms with van der Waals surface area (Å²) in [5.74, 6) is 0.464. The molecule has 0 amide bonds. The number of aryl methyl sites for hydroxylation is 1. The lowest BCUT2D eigenvalue weighted by Gasteiger charge is -1.99. The summed E-state index contributed by atoms with van der Waals surface area (Å²) in [4.78, 5) is 4.26. The molecule has 15 heavy (non-hydrogen) atoms. The molecule has 0 atom stereocenters. The van der Waals surface area contributed by atoms with E-state index in [0.29, 0.717) is 5.88 Å². The van der Waals surface area contributed by atoms with Crippen molar-refractivity contribution in [3.8, 4) is 11.4 Å². The normalized spacial score (nSPS) is 10.5. The van der Waals surface area contributed by atoms with Crippen molar-refractivity contribution < 1.29 is 0 Å². The van der Waals surface area contributed by atoms with Gasteiger partial charge < -0.3 is 0 Å². The van der Waals surface area contributed by atoms with Crippen LogP contribution in [0.1, 0.15) is 18.2 Å².